The van der Waals surface area contributed by atoms with Gasteiger partial charge in [0.05, 0.1) is 18.8 Å². The van der Waals surface area contributed by atoms with Gasteiger partial charge in [-0.05, 0) is 54.8 Å². The maximum Gasteiger partial charge on any atom is 0.186 e. The van der Waals surface area contributed by atoms with Gasteiger partial charge in [0.25, 0.3) is 0 Å². The van der Waals surface area contributed by atoms with E-state index in [9.17, 15) is 4.79 Å². The van der Waals surface area contributed by atoms with E-state index in [1.807, 2.05) is 35.7 Å². The fraction of sp³-hybridized carbons (Fsp3) is 0.250. The molecule has 2 aromatic heterocycles. The highest BCUT2D eigenvalue weighted by Gasteiger charge is 2.33. The molecule has 1 unspecified atom stereocenters. The summed E-state index contributed by atoms with van der Waals surface area (Å²) in [7, 11) is 1.67. The molecule has 0 saturated carbocycles. The van der Waals surface area contributed by atoms with Crippen LogP contribution in [0.4, 0.5) is 5.13 Å². The molecular formula is C24H22ClN3O2S. The van der Waals surface area contributed by atoms with Gasteiger partial charge in [-0.1, -0.05) is 23.7 Å². The molecule has 0 aliphatic carbocycles. The summed E-state index contributed by atoms with van der Waals surface area (Å²) >= 11 is 7.89. The number of Topliss-reactive ketones (excluding diaryl/α,β-unsaturated/α-hetero) is 1. The van der Waals surface area contributed by atoms with Crippen LogP contribution >= 0.6 is 22.9 Å². The second-order valence-electron chi connectivity index (χ2n) is 7.83. The number of halogens is 1. The predicted molar refractivity (Wildman–Crippen MR) is 126 cm³/mol. The number of carbonyl (C=O) groups excluding carboxylic acids is 1. The molecule has 5 nitrogen and oxygen atoms in total. The number of nitrogens with one attached hydrogen (secondary N) is 1. The number of aromatic nitrogens is 2. The maximum absolute atomic E-state index is 11.6. The van der Waals surface area contributed by atoms with Crippen LogP contribution in [0, 0.1) is 0 Å². The van der Waals surface area contributed by atoms with Crippen molar-refractivity contribution in [3.63, 3.8) is 0 Å². The van der Waals surface area contributed by atoms with E-state index >= 15 is 0 Å². The molecule has 31 heavy (non-hydrogen) atoms. The van der Waals surface area contributed by atoms with Crippen LogP contribution in [0.15, 0.2) is 47.8 Å². The number of rotatable bonds is 5. The average Bonchev–Trinajstić information content (AvgIpc) is 3.37. The van der Waals surface area contributed by atoms with E-state index < -0.39 is 0 Å². The topological polar surface area (TPSA) is 58.2 Å². The summed E-state index contributed by atoms with van der Waals surface area (Å²) in [6.07, 6.45) is 1.26. The predicted octanol–water partition coefficient (Wildman–Crippen LogP) is 5.57. The molecule has 0 radical (unpaired) electrons. The molecule has 1 aliphatic rings. The third kappa shape index (κ3) is 3.70. The molecule has 3 heterocycles. The molecule has 1 aliphatic heterocycles. The van der Waals surface area contributed by atoms with Crippen molar-refractivity contribution in [2.45, 2.75) is 25.8 Å². The molecule has 1 atom stereocenters. The lowest BCUT2D eigenvalue weighted by Crippen LogP contribution is -2.36. The highest BCUT2D eigenvalue weighted by Crippen LogP contribution is 2.42. The first-order valence-electron chi connectivity index (χ1n) is 10.2. The Hall–Kier alpha value is -2.83. The van der Waals surface area contributed by atoms with E-state index in [-0.39, 0.29) is 11.8 Å². The molecular weight excluding hydrogens is 430 g/mol. The molecule has 5 rings (SSSR count). The third-order valence-corrected chi connectivity index (χ3v) is 6.90. The zero-order valence-electron chi connectivity index (χ0n) is 17.3. The summed E-state index contributed by atoms with van der Waals surface area (Å²) in [4.78, 5) is 22.3. The number of hydrogen-bond acceptors (Lipinski definition) is 5. The van der Waals surface area contributed by atoms with Crippen LogP contribution in [0.3, 0.4) is 0 Å². The molecule has 7 heteroatoms. The van der Waals surface area contributed by atoms with E-state index in [1.165, 1.54) is 10.9 Å². The van der Waals surface area contributed by atoms with Crippen molar-refractivity contribution >= 4 is 44.8 Å². The van der Waals surface area contributed by atoms with Gasteiger partial charge in [-0.25, -0.2) is 4.98 Å². The monoisotopic (exact) mass is 451 g/mol. The minimum Gasteiger partial charge on any atom is -0.497 e. The van der Waals surface area contributed by atoms with Gasteiger partial charge in [0.15, 0.2) is 5.13 Å². The Labute approximate surface area is 189 Å². The fourth-order valence-electron chi connectivity index (χ4n) is 4.36. The minimum absolute atomic E-state index is 0.0165. The zero-order chi connectivity index (χ0) is 21.5. The Morgan fingerprint density at radius 1 is 1.29 bits per heavy atom. The number of thiazole rings is 1. The Morgan fingerprint density at radius 2 is 2.10 bits per heavy atom. The van der Waals surface area contributed by atoms with Crippen LogP contribution in [0.5, 0.6) is 5.75 Å². The lowest BCUT2D eigenvalue weighted by Gasteiger charge is -2.36. The SMILES string of the molecule is COc1ccc(C2c3[nH]c4ccc(Cl)cc4c3CCN2c2nc(CC(C)=O)cs2)cc1. The van der Waals surface area contributed by atoms with E-state index in [0.29, 0.717) is 6.42 Å². The van der Waals surface area contributed by atoms with Gasteiger partial charge in [-0.3, -0.25) is 4.79 Å². The fourth-order valence-corrected chi connectivity index (χ4v) is 5.42. The van der Waals surface area contributed by atoms with Crippen LogP contribution in [-0.2, 0) is 17.6 Å². The van der Waals surface area contributed by atoms with Crippen LogP contribution in [0.1, 0.15) is 35.5 Å². The molecule has 0 fully saturated rings. The first kappa shape index (κ1) is 20.1. The van der Waals surface area contributed by atoms with Crippen molar-refractivity contribution < 1.29 is 9.53 Å². The van der Waals surface area contributed by atoms with E-state index in [4.69, 9.17) is 21.3 Å². The third-order valence-electron chi connectivity index (χ3n) is 5.74. The van der Waals surface area contributed by atoms with Crippen LogP contribution in [0.25, 0.3) is 10.9 Å². The molecule has 1 N–H and O–H groups in total. The highest BCUT2D eigenvalue weighted by atomic mass is 35.5. The lowest BCUT2D eigenvalue weighted by molar-refractivity contribution is -0.116. The molecule has 0 bridgehead atoms. The van der Waals surface area contributed by atoms with Gasteiger partial charge in [-0.15, -0.1) is 11.3 Å². The number of carbonyl (C=O) groups is 1. The number of H-pyrrole nitrogens is 1. The maximum atomic E-state index is 11.6. The number of ether oxygens (including phenoxy) is 1. The second kappa shape index (κ2) is 8.02. The summed E-state index contributed by atoms with van der Waals surface area (Å²) in [5, 5.41) is 4.84. The highest BCUT2D eigenvalue weighted by molar-refractivity contribution is 7.13. The van der Waals surface area contributed by atoms with Crippen molar-refractivity contribution in [3.8, 4) is 5.75 Å². The van der Waals surface area contributed by atoms with Crippen molar-refractivity contribution in [1.82, 2.24) is 9.97 Å². The molecule has 0 saturated heterocycles. The van der Waals surface area contributed by atoms with Gasteiger partial charge in [0, 0.05) is 40.0 Å². The number of hydrogen-bond donors (Lipinski definition) is 1. The Bertz CT molecular complexity index is 1260. The Balaban J connectivity index is 1.63. The van der Waals surface area contributed by atoms with Crippen molar-refractivity contribution in [3.05, 3.63) is 75.4 Å². The lowest BCUT2D eigenvalue weighted by atomic mass is 9.92. The summed E-state index contributed by atoms with van der Waals surface area (Å²) in [5.41, 5.74) is 5.54. The number of methoxy groups -OCH3 is 1. The quantitative estimate of drug-likeness (QED) is 0.431. The van der Waals surface area contributed by atoms with Crippen LogP contribution in [0.2, 0.25) is 5.02 Å². The first-order valence-corrected chi connectivity index (χ1v) is 11.4. The van der Waals surface area contributed by atoms with Gasteiger partial charge in [-0.2, -0.15) is 0 Å². The van der Waals surface area contributed by atoms with Crippen LogP contribution in [-0.4, -0.2) is 29.4 Å². The molecule has 158 valence electrons. The summed E-state index contributed by atoms with van der Waals surface area (Å²) in [5.74, 6) is 0.949. The summed E-state index contributed by atoms with van der Waals surface area (Å²) in [6.45, 7) is 2.43. The largest absolute Gasteiger partial charge is 0.497 e. The molecule has 0 amide bonds. The van der Waals surface area contributed by atoms with Gasteiger partial charge >= 0.3 is 0 Å². The number of aromatic amines is 1. The normalized spacial score (nSPS) is 15.8. The average molecular weight is 452 g/mol. The number of benzene rings is 2. The van der Waals surface area contributed by atoms with Gasteiger partial charge in [0.1, 0.15) is 11.5 Å². The molecule has 4 aromatic rings. The minimum atomic E-state index is -0.0165. The van der Waals surface area contributed by atoms with E-state index in [2.05, 4.69) is 22.0 Å². The summed E-state index contributed by atoms with van der Waals surface area (Å²) in [6, 6.07) is 14.2. The van der Waals surface area contributed by atoms with Gasteiger partial charge < -0.3 is 14.6 Å². The number of ketones is 1. The Kier molecular flexibility index (Phi) is 5.20. The zero-order valence-corrected chi connectivity index (χ0v) is 18.9. The van der Waals surface area contributed by atoms with Crippen molar-refractivity contribution in [2.75, 3.05) is 18.6 Å². The smallest absolute Gasteiger partial charge is 0.186 e. The standard InChI is InChI=1S/C24H22ClN3O2S/c1-14(29)11-17-13-31-24(26-17)28-10-9-19-20-12-16(25)5-8-21(20)27-22(19)23(28)15-3-6-18(30-2)7-4-15/h3-8,12-13,23,27H,9-11H2,1-2H3. The second-order valence-corrected chi connectivity index (χ2v) is 9.10. The number of anilines is 1. The van der Waals surface area contributed by atoms with Crippen molar-refractivity contribution in [2.24, 2.45) is 0 Å². The van der Waals surface area contributed by atoms with E-state index in [1.54, 1.807) is 25.4 Å². The Morgan fingerprint density at radius 3 is 2.84 bits per heavy atom. The van der Waals surface area contributed by atoms with Gasteiger partial charge in [0.2, 0.25) is 0 Å². The van der Waals surface area contributed by atoms with E-state index in [0.717, 1.165) is 51.3 Å². The first-order chi connectivity index (χ1) is 15.0. The molecule has 0 spiro atoms. The summed E-state index contributed by atoms with van der Waals surface area (Å²) < 4.78 is 5.36. The number of fused-ring (bicyclic) bond motifs is 3. The van der Waals surface area contributed by atoms with Crippen LogP contribution < -0.4 is 9.64 Å². The molecule has 2 aromatic carbocycles. The van der Waals surface area contributed by atoms with Crippen molar-refractivity contribution in [1.29, 1.82) is 0 Å². The number of nitrogens with zero attached hydrogens (tertiary/aromatic N) is 2.